The second-order valence-electron chi connectivity index (χ2n) is 6.15. The van der Waals surface area contributed by atoms with Crippen LogP contribution < -0.4 is 11.1 Å². The highest BCUT2D eigenvalue weighted by atomic mass is 16.5. The van der Waals surface area contributed by atoms with E-state index >= 15 is 0 Å². The first-order valence-electron chi connectivity index (χ1n) is 7.97. The highest BCUT2D eigenvalue weighted by Crippen LogP contribution is 2.46. The van der Waals surface area contributed by atoms with Crippen molar-refractivity contribution in [3.8, 4) is 0 Å². The van der Waals surface area contributed by atoms with Gasteiger partial charge in [-0.3, -0.25) is 4.99 Å². The molecule has 0 aromatic carbocycles. The molecule has 0 bridgehead atoms. The van der Waals surface area contributed by atoms with Gasteiger partial charge in [-0.2, -0.15) is 0 Å². The van der Waals surface area contributed by atoms with E-state index in [1.165, 1.54) is 11.1 Å². The fraction of sp³-hybridized carbons (Fsp3) is 0.412. The molecule has 1 spiro atoms. The van der Waals surface area contributed by atoms with E-state index in [1.807, 2.05) is 6.20 Å². The number of H-pyrrole nitrogens is 1. The van der Waals surface area contributed by atoms with Gasteiger partial charge in [-0.1, -0.05) is 0 Å². The molecule has 0 atom stereocenters. The summed E-state index contributed by atoms with van der Waals surface area (Å²) < 4.78 is 6.24. The first-order valence-corrected chi connectivity index (χ1v) is 7.97. The molecule has 0 radical (unpaired) electrons. The molecule has 2 aromatic rings. The fourth-order valence-electron chi connectivity index (χ4n) is 3.77. The Morgan fingerprint density at radius 1 is 1.43 bits per heavy atom. The lowest BCUT2D eigenvalue weighted by atomic mass is 9.83. The van der Waals surface area contributed by atoms with Gasteiger partial charge < -0.3 is 20.8 Å². The van der Waals surface area contributed by atoms with Crippen molar-refractivity contribution in [3.63, 3.8) is 0 Å². The van der Waals surface area contributed by atoms with Crippen molar-refractivity contribution in [1.82, 2.24) is 15.3 Å². The molecule has 4 heterocycles. The van der Waals surface area contributed by atoms with Gasteiger partial charge in [0.1, 0.15) is 5.65 Å². The number of ether oxygens (including phenoxy) is 1. The van der Waals surface area contributed by atoms with Crippen LogP contribution in [-0.2, 0) is 16.9 Å². The van der Waals surface area contributed by atoms with Gasteiger partial charge in [-0.15, -0.1) is 0 Å². The summed E-state index contributed by atoms with van der Waals surface area (Å²) in [6, 6.07) is 2.13. The number of pyridine rings is 1. The zero-order chi connectivity index (χ0) is 15.9. The molecule has 1 fully saturated rings. The summed E-state index contributed by atoms with van der Waals surface area (Å²) >= 11 is 0. The molecule has 6 nitrogen and oxygen atoms in total. The molecular weight excluding hydrogens is 290 g/mol. The van der Waals surface area contributed by atoms with Crippen molar-refractivity contribution < 1.29 is 4.74 Å². The lowest BCUT2D eigenvalue weighted by molar-refractivity contribution is -0.0582. The fourth-order valence-corrected chi connectivity index (χ4v) is 3.77. The maximum atomic E-state index is 6.24. The molecule has 0 aliphatic carbocycles. The van der Waals surface area contributed by atoms with Crippen LogP contribution in [-0.4, -0.2) is 36.3 Å². The smallest absolute Gasteiger partial charge is 0.138 e. The highest BCUT2D eigenvalue weighted by molar-refractivity contribution is 6.10. The normalized spacial score (nSPS) is 20.7. The van der Waals surface area contributed by atoms with Crippen LogP contribution in [0.3, 0.4) is 0 Å². The Labute approximate surface area is 134 Å². The van der Waals surface area contributed by atoms with E-state index in [-0.39, 0.29) is 5.60 Å². The Hall–Kier alpha value is -2.18. The Balaban J connectivity index is 1.89. The van der Waals surface area contributed by atoms with E-state index in [9.17, 15) is 0 Å². The number of nitrogens with one attached hydrogen (secondary N) is 2. The number of rotatable bonds is 2. The summed E-state index contributed by atoms with van der Waals surface area (Å²) in [7, 11) is 1.74. The van der Waals surface area contributed by atoms with Gasteiger partial charge in [0.25, 0.3) is 0 Å². The Morgan fingerprint density at radius 2 is 2.26 bits per heavy atom. The molecule has 0 saturated carbocycles. The minimum Gasteiger partial charge on any atom is -0.404 e. The largest absolute Gasteiger partial charge is 0.404 e. The molecule has 0 amide bonds. The zero-order valence-electron chi connectivity index (χ0n) is 13.2. The SMILES string of the molecule is CN=C/C(=C\N)c1cc2c3c(cnc2[nH]1)COC31CCNCC1. The highest BCUT2D eigenvalue weighted by Gasteiger charge is 2.42. The number of hydrogen-bond acceptors (Lipinski definition) is 5. The van der Waals surface area contributed by atoms with Crippen molar-refractivity contribution in [2.45, 2.75) is 25.0 Å². The van der Waals surface area contributed by atoms with Crippen LogP contribution in [0, 0.1) is 0 Å². The van der Waals surface area contributed by atoms with Gasteiger partial charge in [0.05, 0.1) is 17.9 Å². The minimum absolute atomic E-state index is 0.174. The van der Waals surface area contributed by atoms with Crippen LogP contribution in [0.4, 0.5) is 0 Å². The molecular formula is C17H21N5O. The van der Waals surface area contributed by atoms with Crippen LogP contribution in [0.5, 0.6) is 0 Å². The third-order valence-electron chi connectivity index (χ3n) is 4.87. The second-order valence-corrected chi connectivity index (χ2v) is 6.15. The quantitative estimate of drug-likeness (QED) is 0.736. The number of aromatic nitrogens is 2. The van der Waals surface area contributed by atoms with E-state index in [0.717, 1.165) is 48.2 Å². The van der Waals surface area contributed by atoms with Crippen LogP contribution in [0.1, 0.15) is 29.7 Å². The Kier molecular flexibility index (Phi) is 3.43. The number of nitrogens with zero attached hydrogens (tertiary/aromatic N) is 2. The first-order chi connectivity index (χ1) is 11.3. The van der Waals surface area contributed by atoms with Crippen LogP contribution >= 0.6 is 0 Å². The first kappa shape index (κ1) is 14.4. The average Bonchev–Trinajstić information content (AvgIpc) is 3.15. The van der Waals surface area contributed by atoms with Crippen molar-refractivity contribution in [2.24, 2.45) is 10.7 Å². The van der Waals surface area contributed by atoms with E-state index in [0.29, 0.717) is 6.61 Å². The van der Waals surface area contributed by atoms with Gasteiger partial charge >= 0.3 is 0 Å². The van der Waals surface area contributed by atoms with Gasteiger partial charge in [-0.25, -0.2) is 4.98 Å². The number of aromatic amines is 1. The summed E-state index contributed by atoms with van der Waals surface area (Å²) in [5.41, 5.74) is 10.7. The summed E-state index contributed by atoms with van der Waals surface area (Å²) in [6.45, 7) is 2.61. The Morgan fingerprint density at radius 3 is 3.00 bits per heavy atom. The van der Waals surface area contributed by atoms with Crippen molar-refractivity contribution in [3.05, 3.63) is 35.3 Å². The number of allylic oxidation sites excluding steroid dienone is 1. The van der Waals surface area contributed by atoms with Crippen LogP contribution in [0.25, 0.3) is 16.6 Å². The van der Waals surface area contributed by atoms with Gasteiger partial charge in [0.2, 0.25) is 0 Å². The van der Waals surface area contributed by atoms with E-state index in [2.05, 4.69) is 26.3 Å². The molecule has 2 aromatic heterocycles. The zero-order valence-corrected chi connectivity index (χ0v) is 13.2. The van der Waals surface area contributed by atoms with Gasteiger partial charge in [0, 0.05) is 47.7 Å². The number of fused-ring (bicyclic) bond motifs is 4. The number of piperidine rings is 1. The minimum atomic E-state index is -0.174. The number of nitrogens with two attached hydrogens (primary N) is 1. The number of hydrogen-bond donors (Lipinski definition) is 3. The predicted molar refractivity (Wildman–Crippen MR) is 91.2 cm³/mol. The number of aliphatic imine (C=N–C) groups is 1. The Bertz CT molecular complexity index is 793. The maximum Gasteiger partial charge on any atom is 0.138 e. The van der Waals surface area contributed by atoms with Gasteiger partial charge in [0.15, 0.2) is 0 Å². The average molecular weight is 311 g/mol. The predicted octanol–water partition coefficient (Wildman–Crippen LogP) is 1.67. The van der Waals surface area contributed by atoms with Crippen molar-refractivity contribution in [1.29, 1.82) is 0 Å². The molecule has 23 heavy (non-hydrogen) atoms. The summed E-state index contributed by atoms with van der Waals surface area (Å²) in [4.78, 5) is 12.0. The van der Waals surface area contributed by atoms with E-state index in [1.54, 1.807) is 19.5 Å². The van der Waals surface area contributed by atoms with E-state index < -0.39 is 0 Å². The molecule has 2 aliphatic rings. The summed E-state index contributed by atoms with van der Waals surface area (Å²) in [5.74, 6) is 0. The molecule has 0 unspecified atom stereocenters. The summed E-state index contributed by atoms with van der Waals surface area (Å²) in [5, 5.41) is 4.56. The molecule has 4 N–H and O–H groups in total. The monoisotopic (exact) mass is 311 g/mol. The van der Waals surface area contributed by atoms with E-state index in [4.69, 9.17) is 10.5 Å². The lowest BCUT2D eigenvalue weighted by Crippen LogP contribution is -2.39. The maximum absolute atomic E-state index is 6.24. The topological polar surface area (TPSA) is 88.3 Å². The van der Waals surface area contributed by atoms with Crippen molar-refractivity contribution in [2.75, 3.05) is 20.1 Å². The second kappa shape index (κ2) is 5.47. The third-order valence-corrected chi connectivity index (χ3v) is 4.87. The lowest BCUT2D eigenvalue weighted by Gasteiger charge is -2.34. The van der Waals surface area contributed by atoms with Crippen molar-refractivity contribution >= 4 is 22.8 Å². The van der Waals surface area contributed by atoms with Crippen LogP contribution in [0.15, 0.2) is 23.5 Å². The molecule has 6 heteroatoms. The molecule has 120 valence electrons. The molecule has 1 saturated heterocycles. The molecule has 2 aliphatic heterocycles. The third kappa shape index (κ3) is 2.17. The van der Waals surface area contributed by atoms with Gasteiger partial charge in [-0.05, 0) is 32.0 Å². The summed E-state index contributed by atoms with van der Waals surface area (Å²) in [6.07, 6.45) is 7.25. The van der Waals surface area contributed by atoms with Crippen LogP contribution in [0.2, 0.25) is 0 Å². The standard InChI is InChI=1S/C17H21N5O/c1-19-8-11(7-18)14-6-13-15-12(9-21-16(13)22-14)10-23-17(15)2-4-20-5-3-17/h6-9,20H,2-5,10,18H2,1H3,(H,21,22)/b11-7+,19-8?. The molecule has 4 rings (SSSR count).